The highest BCUT2D eigenvalue weighted by molar-refractivity contribution is 5.69. The molecule has 32 heavy (non-hydrogen) atoms. The van der Waals surface area contributed by atoms with Gasteiger partial charge in [0.25, 0.3) is 0 Å². The summed E-state index contributed by atoms with van der Waals surface area (Å²) >= 11 is 0. The van der Waals surface area contributed by atoms with Crippen molar-refractivity contribution in [1.29, 1.82) is 0 Å². The van der Waals surface area contributed by atoms with Crippen LogP contribution in [0.5, 0.6) is 0 Å². The highest BCUT2D eigenvalue weighted by Gasteiger charge is 2.26. The average molecular weight is 441 g/mol. The second kappa shape index (κ2) is 15.9. The first-order valence-electron chi connectivity index (χ1n) is 12.8. The van der Waals surface area contributed by atoms with Gasteiger partial charge >= 0.3 is 5.97 Å². The van der Waals surface area contributed by atoms with Gasteiger partial charge in [-0.3, -0.25) is 4.79 Å². The van der Waals surface area contributed by atoms with Crippen molar-refractivity contribution in [3.05, 3.63) is 58.7 Å². The quantitative estimate of drug-likeness (QED) is 0.153. The minimum absolute atomic E-state index is 0.0808. The van der Waals surface area contributed by atoms with Crippen LogP contribution in [0.3, 0.4) is 0 Å². The molecule has 0 amide bonds. The topological polar surface area (TPSA) is 26.3 Å². The molecule has 2 nitrogen and oxygen atoms in total. The molecule has 180 valence electrons. The summed E-state index contributed by atoms with van der Waals surface area (Å²) < 4.78 is 5.34. The lowest BCUT2D eigenvalue weighted by Gasteiger charge is -2.32. The highest BCUT2D eigenvalue weighted by Crippen LogP contribution is 2.40. The van der Waals surface area contributed by atoms with Gasteiger partial charge in [-0.1, -0.05) is 106 Å². The number of allylic oxidation sites excluding steroid dienone is 9. The second-order valence-corrected chi connectivity index (χ2v) is 10.0. The van der Waals surface area contributed by atoms with E-state index in [1.807, 2.05) is 13.0 Å². The van der Waals surface area contributed by atoms with Crippen molar-refractivity contribution in [3.63, 3.8) is 0 Å². The van der Waals surface area contributed by atoms with Gasteiger partial charge in [0.15, 0.2) is 0 Å². The molecule has 1 aliphatic rings. The van der Waals surface area contributed by atoms with Gasteiger partial charge in [-0.25, -0.2) is 0 Å². The molecule has 0 N–H and O–H groups in total. The zero-order valence-corrected chi connectivity index (χ0v) is 21.8. The van der Waals surface area contributed by atoms with Crippen LogP contribution >= 0.6 is 0 Å². The van der Waals surface area contributed by atoms with Crippen LogP contribution in [0.15, 0.2) is 58.7 Å². The number of esters is 1. The molecule has 0 saturated carbocycles. The van der Waals surface area contributed by atoms with Crippen LogP contribution in [0.25, 0.3) is 0 Å². The van der Waals surface area contributed by atoms with Crippen molar-refractivity contribution in [3.8, 4) is 0 Å². The van der Waals surface area contributed by atoms with Gasteiger partial charge in [0.2, 0.25) is 0 Å². The van der Waals surface area contributed by atoms with Crippen LogP contribution < -0.4 is 0 Å². The number of rotatable bonds is 14. The number of carbonyl (C=O) groups is 1. The predicted molar refractivity (Wildman–Crippen MR) is 140 cm³/mol. The predicted octanol–water partition coefficient (Wildman–Crippen LogP) is 9.20. The number of carbonyl (C=O) groups excluding carboxylic acids is 1. The Morgan fingerprint density at radius 1 is 1.00 bits per heavy atom. The summed E-state index contributed by atoms with van der Waals surface area (Å²) in [6.07, 6.45) is 25.6. The lowest BCUT2D eigenvalue weighted by molar-refractivity contribution is -0.142. The van der Waals surface area contributed by atoms with Crippen LogP contribution in [0, 0.1) is 5.41 Å². The SMILES string of the molecule is CCCCCCCCCC(=O)OCC=C(C)C=CC=C(C)C=CC1=C(C)CCCC1(C)C. The molecule has 0 aromatic heterocycles. The molecular formula is C30H48O2. The Hall–Kier alpha value is -1.83. The molecular weight excluding hydrogens is 392 g/mol. The van der Waals surface area contributed by atoms with E-state index in [1.165, 1.54) is 68.1 Å². The molecule has 0 aromatic carbocycles. The average Bonchev–Trinajstić information content (AvgIpc) is 2.72. The van der Waals surface area contributed by atoms with E-state index in [0.29, 0.717) is 13.0 Å². The maximum Gasteiger partial charge on any atom is 0.306 e. The molecule has 1 rings (SSSR count). The van der Waals surface area contributed by atoms with E-state index in [2.05, 4.69) is 65.0 Å². The smallest absolute Gasteiger partial charge is 0.306 e. The fraction of sp³-hybridized carbons (Fsp3) is 0.633. The number of unbranched alkanes of at least 4 members (excludes halogenated alkanes) is 6. The summed E-state index contributed by atoms with van der Waals surface area (Å²) in [6.45, 7) is 13.7. The van der Waals surface area contributed by atoms with E-state index in [4.69, 9.17) is 4.74 Å². The Kier molecular flexibility index (Phi) is 14.0. The highest BCUT2D eigenvalue weighted by atomic mass is 16.5. The molecule has 0 heterocycles. The van der Waals surface area contributed by atoms with Gasteiger partial charge < -0.3 is 4.74 Å². The molecule has 0 aliphatic heterocycles. The van der Waals surface area contributed by atoms with E-state index in [1.54, 1.807) is 0 Å². The van der Waals surface area contributed by atoms with Crippen LogP contribution in [-0.2, 0) is 9.53 Å². The van der Waals surface area contributed by atoms with Crippen molar-refractivity contribution >= 4 is 5.97 Å². The summed E-state index contributed by atoms with van der Waals surface area (Å²) in [4.78, 5) is 11.8. The lowest BCUT2D eigenvalue weighted by atomic mass is 9.72. The molecule has 1 aliphatic carbocycles. The molecule has 0 bridgehead atoms. The maximum absolute atomic E-state index is 11.8. The van der Waals surface area contributed by atoms with Gasteiger partial charge in [0.05, 0.1) is 0 Å². The summed E-state index contributed by atoms with van der Waals surface area (Å²) in [7, 11) is 0. The fourth-order valence-corrected chi connectivity index (χ4v) is 4.27. The van der Waals surface area contributed by atoms with Crippen molar-refractivity contribution in [1.82, 2.24) is 0 Å². The van der Waals surface area contributed by atoms with E-state index >= 15 is 0 Å². The third kappa shape index (κ3) is 12.3. The largest absolute Gasteiger partial charge is 0.461 e. The Morgan fingerprint density at radius 2 is 1.69 bits per heavy atom. The molecule has 0 atom stereocenters. The zero-order valence-electron chi connectivity index (χ0n) is 21.8. The Morgan fingerprint density at radius 3 is 2.38 bits per heavy atom. The molecule has 0 saturated heterocycles. The van der Waals surface area contributed by atoms with Crippen LogP contribution in [0.4, 0.5) is 0 Å². The monoisotopic (exact) mass is 440 g/mol. The van der Waals surface area contributed by atoms with Crippen LogP contribution in [-0.4, -0.2) is 12.6 Å². The molecule has 0 radical (unpaired) electrons. The van der Waals surface area contributed by atoms with Crippen molar-refractivity contribution in [2.24, 2.45) is 5.41 Å². The van der Waals surface area contributed by atoms with E-state index in [0.717, 1.165) is 18.4 Å². The first-order chi connectivity index (χ1) is 15.3. The molecule has 0 aromatic rings. The van der Waals surface area contributed by atoms with Gasteiger partial charge in [-0.05, 0) is 63.5 Å². The Balaban J connectivity index is 2.34. The van der Waals surface area contributed by atoms with Gasteiger partial charge in [-0.2, -0.15) is 0 Å². The summed E-state index contributed by atoms with van der Waals surface area (Å²) in [5.41, 5.74) is 5.64. The Bertz CT molecular complexity index is 713. The molecule has 2 heteroatoms. The summed E-state index contributed by atoms with van der Waals surface area (Å²) in [5.74, 6) is -0.0808. The van der Waals surface area contributed by atoms with Crippen LogP contribution in [0.2, 0.25) is 0 Å². The third-order valence-electron chi connectivity index (χ3n) is 6.41. The van der Waals surface area contributed by atoms with Crippen molar-refractivity contribution in [2.75, 3.05) is 6.61 Å². The first-order valence-corrected chi connectivity index (χ1v) is 12.8. The minimum atomic E-state index is -0.0808. The molecule has 0 fully saturated rings. The third-order valence-corrected chi connectivity index (χ3v) is 6.41. The molecule has 0 unspecified atom stereocenters. The van der Waals surface area contributed by atoms with Gasteiger partial charge in [0, 0.05) is 6.42 Å². The van der Waals surface area contributed by atoms with E-state index in [-0.39, 0.29) is 11.4 Å². The standard InChI is InChI=1S/C30H48O2/c1-7-8-9-10-11-12-13-19-29(31)32-24-22-26(3)17-14-16-25(2)20-21-28-27(4)18-15-23-30(28,5)6/h14,16-17,20-22H,7-13,15,18-19,23-24H2,1-6H3. The number of hydrogen-bond donors (Lipinski definition) is 0. The summed E-state index contributed by atoms with van der Waals surface area (Å²) in [6, 6.07) is 0. The fourth-order valence-electron chi connectivity index (χ4n) is 4.27. The Labute approximate surface area is 198 Å². The van der Waals surface area contributed by atoms with Gasteiger partial charge in [0.1, 0.15) is 6.61 Å². The van der Waals surface area contributed by atoms with Crippen LogP contribution in [0.1, 0.15) is 112 Å². The van der Waals surface area contributed by atoms with E-state index < -0.39 is 0 Å². The zero-order chi connectivity index (χ0) is 23.8. The normalized spacial score (nSPS) is 17.6. The number of ether oxygens (including phenoxy) is 1. The van der Waals surface area contributed by atoms with Gasteiger partial charge in [-0.15, -0.1) is 0 Å². The van der Waals surface area contributed by atoms with Crippen molar-refractivity contribution in [2.45, 2.75) is 112 Å². The maximum atomic E-state index is 11.8. The molecule has 0 spiro atoms. The number of hydrogen-bond acceptors (Lipinski definition) is 2. The van der Waals surface area contributed by atoms with E-state index in [9.17, 15) is 4.79 Å². The minimum Gasteiger partial charge on any atom is -0.461 e. The van der Waals surface area contributed by atoms with Crippen molar-refractivity contribution < 1.29 is 9.53 Å². The summed E-state index contributed by atoms with van der Waals surface area (Å²) in [5, 5.41) is 0. The lowest BCUT2D eigenvalue weighted by Crippen LogP contribution is -2.19. The first kappa shape index (κ1) is 28.2. The second-order valence-electron chi connectivity index (χ2n) is 10.0.